The number of benzene rings is 1. The number of fused-ring (bicyclic) bond motifs is 1. The summed E-state index contributed by atoms with van der Waals surface area (Å²) in [6.07, 6.45) is 0.601. The summed E-state index contributed by atoms with van der Waals surface area (Å²) in [7, 11) is 0. The zero-order valence-corrected chi connectivity index (χ0v) is 15.5. The van der Waals surface area contributed by atoms with Crippen molar-refractivity contribution in [2.24, 2.45) is 0 Å². The first-order valence-corrected chi connectivity index (χ1v) is 9.42. The lowest BCUT2D eigenvalue weighted by Gasteiger charge is -2.32. The van der Waals surface area contributed by atoms with Crippen molar-refractivity contribution in [1.82, 2.24) is 14.9 Å². The molecule has 142 valence electrons. The highest BCUT2D eigenvalue weighted by atomic mass is 16.5. The molecule has 7 heteroatoms. The van der Waals surface area contributed by atoms with Crippen LogP contribution in [0.25, 0.3) is 0 Å². The minimum absolute atomic E-state index is 0.0449. The molecule has 1 fully saturated rings. The lowest BCUT2D eigenvalue weighted by atomic mass is 9.98. The first-order chi connectivity index (χ1) is 13.1. The Balaban J connectivity index is 1.53. The highest BCUT2D eigenvalue weighted by Gasteiger charge is 2.28. The summed E-state index contributed by atoms with van der Waals surface area (Å²) in [5.41, 5.74) is 2.25. The van der Waals surface area contributed by atoms with Crippen LogP contribution in [-0.4, -0.2) is 53.6 Å². The summed E-state index contributed by atoms with van der Waals surface area (Å²) in [5, 5.41) is 0. The third-order valence-electron chi connectivity index (χ3n) is 5.35. The lowest BCUT2D eigenvalue weighted by Crippen LogP contribution is -2.43. The summed E-state index contributed by atoms with van der Waals surface area (Å²) in [4.78, 5) is 36.9. The predicted octanol–water partition coefficient (Wildman–Crippen LogP) is 1.29. The molecule has 7 nitrogen and oxygen atoms in total. The van der Waals surface area contributed by atoms with Gasteiger partial charge in [-0.15, -0.1) is 0 Å². The van der Waals surface area contributed by atoms with Gasteiger partial charge in [0.2, 0.25) is 11.9 Å². The lowest BCUT2D eigenvalue weighted by molar-refractivity contribution is -0.133. The third kappa shape index (κ3) is 3.60. The molecule has 27 heavy (non-hydrogen) atoms. The first kappa shape index (κ1) is 17.7. The molecule has 0 spiro atoms. The van der Waals surface area contributed by atoms with Crippen molar-refractivity contribution in [3.05, 3.63) is 57.5 Å². The van der Waals surface area contributed by atoms with Gasteiger partial charge in [-0.05, 0) is 12.5 Å². The van der Waals surface area contributed by atoms with E-state index in [2.05, 4.69) is 9.97 Å². The van der Waals surface area contributed by atoms with Crippen molar-refractivity contribution in [3.63, 3.8) is 0 Å². The van der Waals surface area contributed by atoms with Crippen LogP contribution in [0.1, 0.15) is 29.7 Å². The van der Waals surface area contributed by atoms with E-state index in [1.807, 2.05) is 42.2 Å². The molecule has 2 aromatic rings. The Kier molecular flexibility index (Phi) is 4.94. The van der Waals surface area contributed by atoms with Gasteiger partial charge in [0.25, 0.3) is 5.56 Å². The number of hydrogen-bond donors (Lipinski definition) is 1. The van der Waals surface area contributed by atoms with E-state index < -0.39 is 0 Å². The number of hydrogen-bond acceptors (Lipinski definition) is 5. The minimum Gasteiger partial charge on any atom is -0.378 e. The zero-order chi connectivity index (χ0) is 18.8. The second-order valence-corrected chi connectivity index (χ2v) is 7.06. The number of amides is 1. The van der Waals surface area contributed by atoms with Gasteiger partial charge in [-0.3, -0.25) is 14.6 Å². The monoisotopic (exact) mass is 368 g/mol. The van der Waals surface area contributed by atoms with Crippen LogP contribution in [0.15, 0.2) is 35.1 Å². The number of anilines is 1. The topological polar surface area (TPSA) is 78.5 Å². The Morgan fingerprint density at radius 1 is 1.19 bits per heavy atom. The van der Waals surface area contributed by atoms with Gasteiger partial charge in [-0.25, -0.2) is 4.98 Å². The van der Waals surface area contributed by atoms with Crippen molar-refractivity contribution in [2.45, 2.75) is 25.8 Å². The smallest absolute Gasteiger partial charge is 0.257 e. The zero-order valence-electron chi connectivity index (χ0n) is 15.5. The summed E-state index contributed by atoms with van der Waals surface area (Å²) in [6, 6.07) is 9.74. The minimum atomic E-state index is -0.229. The van der Waals surface area contributed by atoms with Gasteiger partial charge in [0.05, 0.1) is 36.9 Å². The van der Waals surface area contributed by atoms with E-state index in [-0.39, 0.29) is 17.4 Å². The number of nitrogens with one attached hydrogen (secondary N) is 1. The summed E-state index contributed by atoms with van der Waals surface area (Å²) < 4.78 is 5.36. The average molecular weight is 368 g/mol. The molecular formula is C20H24N4O3. The molecule has 1 amide bonds. The number of aromatic nitrogens is 2. The largest absolute Gasteiger partial charge is 0.378 e. The number of rotatable bonds is 3. The maximum absolute atomic E-state index is 12.9. The summed E-state index contributed by atoms with van der Waals surface area (Å²) >= 11 is 0. The van der Waals surface area contributed by atoms with E-state index in [0.717, 1.165) is 24.3 Å². The second kappa shape index (κ2) is 7.52. The molecule has 2 aliphatic rings. The number of carbonyl (C=O) groups excluding carboxylic acids is 1. The Hall–Kier alpha value is -2.67. The molecule has 4 rings (SSSR count). The number of aromatic amines is 1. The van der Waals surface area contributed by atoms with Gasteiger partial charge in [0, 0.05) is 26.1 Å². The maximum atomic E-state index is 12.9. The molecule has 1 aromatic heterocycles. The molecule has 0 bridgehead atoms. The Morgan fingerprint density at radius 2 is 1.93 bits per heavy atom. The number of morpholine rings is 1. The predicted molar refractivity (Wildman–Crippen MR) is 102 cm³/mol. The molecule has 0 aliphatic carbocycles. The maximum Gasteiger partial charge on any atom is 0.257 e. The van der Waals surface area contributed by atoms with E-state index in [1.54, 1.807) is 4.90 Å². The van der Waals surface area contributed by atoms with E-state index in [1.165, 1.54) is 0 Å². The molecule has 1 N–H and O–H groups in total. The fourth-order valence-electron chi connectivity index (χ4n) is 3.68. The Morgan fingerprint density at radius 3 is 2.67 bits per heavy atom. The Bertz CT molecular complexity index is 875. The van der Waals surface area contributed by atoms with Crippen LogP contribution >= 0.6 is 0 Å². The van der Waals surface area contributed by atoms with E-state index >= 15 is 0 Å². The van der Waals surface area contributed by atoms with Crippen molar-refractivity contribution in [3.8, 4) is 0 Å². The number of ether oxygens (including phenoxy) is 1. The molecule has 1 unspecified atom stereocenters. The number of H-pyrrole nitrogens is 1. The molecule has 3 heterocycles. The highest BCUT2D eigenvalue weighted by Crippen LogP contribution is 2.22. The van der Waals surface area contributed by atoms with E-state index in [4.69, 9.17) is 4.74 Å². The molecule has 1 saturated heterocycles. The number of nitrogens with zero attached hydrogens (tertiary/aromatic N) is 3. The Labute approximate surface area is 158 Å². The highest BCUT2D eigenvalue weighted by molar-refractivity contribution is 5.83. The summed E-state index contributed by atoms with van der Waals surface area (Å²) in [6.45, 7) is 5.54. The SMILES string of the molecule is CC(C(=O)N1CCc2nc(N3CCOCC3)[nH]c(=O)c2C1)c1ccccc1. The third-order valence-corrected chi connectivity index (χ3v) is 5.35. The van der Waals surface area contributed by atoms with E-state index in [9.17, 15) is 9.59 Å². The van der Waals surface area contributed by atoms with Gasteiger partial charge < -0.3 is 14.5 Å². The number of carbonyl (C=O) groups is 1. The van der Waals surface area contributed by atoms with E-state index in [0.29, 0.717) is 44.2 Å². The van der Waals surface area contributed by atoms with Gasteiger partial charge in [0.15, 0.2) is 0 Å². The van der Waals surface area contributed by atoms with Crippen LogP contribution in [-0.2, 0) is 22.5 Å². The van der Waals surface area contributed by atoms with Gasteiger partial charge in [-0.2, -0.15) is 0 Å². The fourth-order valence-corrected chi connectivity index (χ4v) is 3.68. The van der Waals surface area contributed by atoms with Crippen LogP contribution in [0.4, 0.5) is 5.95 Å². The standard InChI is InChI=1S/C20H24N4O3/c1-14(15-5-3-2-4-6-15)19(26)24-8-7-17-16(13-24)18(25)22-20(21-17)23-9-11-27-12-10-23/h2-6,14H,7-13H2,1H3,(H,21,22,25). The van der Waals surface area contributed by atoms with Crippen LogP contribution in [0.5, 0.6) is 0 Å². The van der Waals surface area contributed by atoms with Crippen molar-refractivity contribution >= 4 is 11.9 Å². The van der Waals surface area contributed by atoms with Crippen molar-refractivity contribution in [2.75, 3.05) is 37.7 Å². The normalized spacial score (nSPS) is 18.1. The first-order valence-electron chi connectivity index (χ1n) is 9.42. The van der Waals surface area contributed by atoms with Crippen molar-refractivity contribution in [1.29, 1.82) is 0 Å². The quantitative estimate of drug-likeness (QED) is 0.883. The molecule has 1 atom stereocenters. The van der Waals surface area contributed by atoms with Crippen LogP contribution in [0.3, 0.4) is 0 Å². The molecule has 2 aliphatic heterocycles. The fraction of sp³-hybridized carbons (Fsp3) is 0.450. The van der Waals surface area contributed by atoms with Gasteiger partial charge in [0.1, 0.15) is 0 Å². The van der Waals surface area contributed by atoms with Crippen LogP contribution < -0.4 is 10.5 Å². The molecule has 0 saturated carbocycles. The average Bonchev–Trinajstić information content (AvgIpc) is 2.73. The van der Waals surface area contributed by atoms with Crippen LogP contribution in [0.2, 0.25) is 0 Å². The molecular weight excluding hydrogens is 344 g/mol. The van der Waals surface area contributed by atoms with Gasteiger partial charge >= 0.3 is 0 Å². The van der Waals surface area contributed by atoms with Gasteiger partial charge in [-0.1, -0.05) is 30.3 Å². The second-order valence-electron chi connectivity index (χ2n) is 7.06. The molecule has 1 aromatic carbocycles. The molecule has 0 radical (unpaired) electrons. The van der Waals surface area contributed by atoms with Crippen molar-refractivity contribution < 1.29 is 9.53 Å². The summed E-state index contributed by atoms with van der Waals surface area (Å²) in [5.74, 6) is 0.426. The van der Waals surface area contributed by atoms with Crippen LogP contribution in [0, 0.1) is 0 Å².